The monoisotopic (exact) mass is 509 g/mol. The normalized spacial score (nSPS) is 17.6. The molecule has 1 saturated heterocycles. The van der Waals surface area contributed by atoms with Crippen molar-refractivity contribution in [1.82, 2.24) is 25.5 Å². The minimum Gasteiger partial charge on any atom is -0.481 e. The molecule has 0 radical (unpaired) electrons. The van der Waals surface area contributed by atoms with E-state index >= 15 is 0 Å². The maximum Gasteiger partial charge on any atom is 0.326 e. The van der Waals surface area contributed by atoms with Crippen molar-refractivity contribution in [3.63, 3.8) is 0 Å². The van der Waals surface area contributed by atoms with Gasteiger partial charge in [-0.3, -0.25) is 24.0 Å². The van der Waals surface area contributed by atoms with Gasteiger partial charge in [0, 0.05) is 37.7 Å². The number of aromatic amines is 1. The number of hydrogen-bond acceptors (Lipinski definition) is 8. The van der Waals surface area contributed by atoms with Gasteiger partial charge in [-0.15, -0.1) is 0 Å². The van der Waals surface area contributed by atoms with Crippen molar-refractivity contribution in [2.75, 3.05) is 6.54 Å². The van der Waals surface area contributed by atoms with Crippen molar-refractivity contribution >= 4 is 35.6 Å². The molecule has 4 amide bonds. The third kappa shape index (κ3) is 8.33. The van der Waals surface area contributed by atoms with Gasteiger partial charge >= 0.3 is 11.9 Å². The zero-order valence-corrected chi connectivity index (χ0v) is 19.5. The number of likely N-dealkylation sites (tertiary alicyclic amines) is 1. The van der Waals surface area contributed by atoms with Gasteiger partial charge in [0.05, 0.1) is 12.4 Å². The average Bonchev–Trinajstić information content (AvgIpc) is 3.51. The lowest BCUT2D eigenvalue weighted by atomic mass is 10.1. The second-order valence-corrected chi connectivity index (χ2v) is 8.48. The van der Waals surface area contributed by atoms with E-state index < -0.39 is 59.7 Å². The number of nitrogens with zero attached hydrogens (tertiary/aromatic N) is 2. The number of rotatable bonds is 14. The topological polar surface area (TPSA) is 251 Å². The molecule has 0 spiro atoms. The van der Waals surface area contributed by atoms with Gasteiger partial charge < -0.3 is 42.2 Å². The Morgan fingerprint density at radius 1 is 1.08 bits per heavy atom. The van der Waals surface area contributed by atoms with Gasteiger partial charge in [0.25, 0.3) is 0 Å². The molecular weight excluding hydrogens is 478 g/mol. The number of hydrogen-bond donors (Lipinski definition) is 7. The van der Waals surface area contributed by atoms with Crippen molar-refractivity contribution in [2.24, 2.45) is 11.5 Å². The van der Waals surface area contributed by atoms with Crippen LogP contribution in [0, 0.1) is 0 Å². The highest BCUT2D eigenvalue weighted by molar-refractivity contribution is 5.94. The van der Waals surface area contributed by atoms with E-state index in [1.165, 1.54) is 12.5 Å². The second kappa shape index (κ2) is 13.2. The predicted octanol–water partition coefficient (Wildman–Crippen LogP) is -2.54. The van der Waals surface area contributed by atoms with Gasteiger partial charge in [-0.25, -0.2) is 9.78 Å². The van der Waals surface area contributed by atoms with E-state index in [2.05, 4.69) is 20.6 Å². The van der Waals surface area contributed by atoms with Crippen LogP contribution in [0.5, 0.6) is 0 Å². The zero-order valence-electron chi connectivity index (χ0n) is 19.5. The molecule has 1 fully saturated rings. The summed E-state index contributed by atoms with van der Waals surface area (Å²) in [4.78, 5) is 80.3. The lowest BCUT2D eigenvalue weighted by molar-refractivity contribution is -0.149. The van der Waals surface area contributed by atoms with Crippen molar-refractivity contribution in [3.8, 4) is 0 Å². The first-order valence-corrected chi connectivity index (χ1v) is 11.4. The molecule has 2 rings (SSSR count). The van der Waals surface area contributed by atoms with E-state index in [1.807, 2.05) is 0 Å². The first-order chi connectivity index (χ1) is 17.0. The third-order valence-electron chi connectivity index (χ3n) is 5.73. The summed E-state index contributed by atoms with van der Waals surface area (Å²) < 4.78 is 0. The van der Waals surface area contributed by atoms with Crippen molar-refractivity contribution in [1.29, 1.82) is 0 Å². The Morgan fingerprint density at radius 2 is 1.78 bits per heavy atom. The van der Waals surface area contributed by atoms with E-state index in [4.69, 9.17) is 16.6 Å². The van der Waals surface area contributed by atoms with Crippen molar-refractivity contribution in [3.05, 3.63) is 18.2 Å². The van der Waals surface area contributed by atoms with E-state index in [9.17, 15) is 33.9 Å². The molecule has 1 aromatic rings. The Labute approximate surface area is 206 Å². The lowest BCUT2D eigenvalue weighted by Gasteiger charge is -2.28. The lowest BCUT2D eigenvalue weighted by Crippen LogP contribution is -2.57. The zero-order chi connectivity index (χ0) is 26.8. The van der Waals surface area contributed by atoms with Gasteiger partial charge in [-0.05, 0) is 25.7 Å². The Morgan fingerprint density at radius 3 is 2.36 bits per heavy atom. The molecule has 15 nitrogen and oxygen atoms in total. The fourth-order valence-electron chi connectivity index (χ4n) is 3.82. The minimum atomic E-state index is -1.27. The van der Waals surface area contributed by atoms with E-state index in [1.54, 1.807) is 0 Å². The number of aromatic nitrogens is 2. The molecule has 0 aliphatic carbocycles. The van der Waals surface area contributed by atoms with Crippen LogP contribution in [0.1, 0.15) is 44.2 Å². The summed E-state index contributed by atoms with van der Waals surface area (Å²) in [5.74, 6) is -5.29. The van der Waals surface area contributed by atoms with Crippen LogP contribution in [0.2, 0.25) is 0 Å². The molecule has 9 N–H and O–H groups in total. The predicted molar refractivity (Wildman–Crippen MR) is 122 cm³/mol. The average molecular weight is 510 g/mol. The van der Waals surface area contributed by atoms with Crippen LogP contribution < -0.4 is 22.1 Å². The Hall–Kier alpha value is -4.01. The number of H-pyrrole nitrogens is 1. The van der Waals surface area contributed by atoms with Gasteiger partial charge in [-0.2, -0.15) is 0 Å². The molecule has 2 heterocycles. The molecule has 198 valence electrons. The molecule has 1 aliphatic heterocycles. The summed E-state index contributed by atoms with van der Waals surface area (Å²) in [5, 5.41) is 23.2. The number of nitrogens with two attached hydrogens (primary N) is 2. The summed E-state index contributed by atoms with van der Waals surface area (Å²) in [6.07, 6.45) is 2.50. The van der Waals surface area contributed by atoms with E-state index in [0.29, 0.717) is 12.1 Å². The second-order valence-electron chi connectivity index (χ2n) is 8.48. The summed E-state index contributed by atoms with van der Waals surface area (Å²) in [7, 11) is 0. The molecule has 0 aromatic carbocycles. The van der Waals surface area contributed by atoms with E-state index in [0.717, 1.165) is 4.90 Å². The maximum atomic E-state index is 13.2. The Kier molecular flexibility index (Phi) is 10.3. The highest BCUT2D eigenvalue weighted by atomic mass is 16.4. The Balaban J connectivity index is 2.20. The molecule has 0 bridgehead atoms. The van der Waals surface area contributed by atoms with Crippen LogP contribution in [0.25, 0.3) is 0 Å². The number of carbonyl (C=O) groups is 6. The van der Waals surface area contributed by atoms with Gasteiger partial charge in [0.15, 0.2) is 0 Å². The smallest absolute Gasteiger partial charge is 0.326 e. The molecule has 1 aromatic heterocycles. The summed E-state index contributed by atoms with van der Waals surface area (Å²) in [6.45, 7) is 0.172. The Bertz CT molecular complexity index is 967. The van der Waals surface area contributed by atoms with Crippen molar-refractivity contribution in [2.45, 2.75) is 69.1 Å². The molecule has 0 saturated carbocycles. The molecule has 4 unspecified atom stereocenters. The maximum absolute atomic E-state index is 13.2. The van der Waals surface area contributed by atoms with Crippen LogP contribution >= 0.6 is 0 Å². The summed E-state index contributed by atoms with van der Waals surface area (Å²) in [5.41, 5.74) is 11.4. The van der Waals surface area contributed by atoms with Crippen LogP contribution in [0.3, 0.4) is 0 Å². The molecule has 15 heteroatoms. The van der Waals surface area contributed by atoms with Crippen LogP contribution in [0.4, 0.5) is 0 Å². The number of imidazole rings is 1. The van der Waals surface area contributed by atoms with Crippen LogP contribution in [0.15, 0.2) is 12.5 Å². The number of carbonyl (C=O) groups excluding carboxylic acids is 4. The molecular formula is C21H31N7O8. The largest absolute Gasteiger partial charge is 0.481 e. The fourth-order valence-corrected chi connectivity index (χ4v) is 3.82. The van der Waals surface area contributed by atoms with Crippen LogP contribution in [-0.4, -0.2) is 91.4 Å². The highest BCUT2D eigenvalue weighted by Crippen LogP contribution is 2.19. The standard InChI is InChI=1S/C21H31N7O8/c22-12(3-6-17(30)31)18(32)27-14(8-11-9-24-10-25-11)19(33)26-13(4-5-16(23)29)20(34)28-7-1-2-15(28)21(35)36/h9-10,12-15H,1-8,22H2,(H2,23,29)(H,24,25)(H,26,33)(H,27,32)(H,30,31)(H,35,36). The first-order valence-electron chi connectivity index (χ1n) is 11.4. The summed E-state index contributed by atoms with van der Waals surface area (Å²) in [6, 6.07) is -4.78. The van der Waals surface area contributed by atoms with Crippen molar-refractivity contribution < 1.29 is 39.0 Å². The number of aliphatic carboxylic acids is 2. The van der Waals surface area contributed by atoms with E-state index in [-0.39, 0.29) is 45.1 Å². The number of primary amides is 1. The highest BCUT2D eigenvalue weighted by Gasteiger charge is 2.38. The van der Waals surface area contributed by atoms with Gasteiger partial charge in [0.2, 0.25) is 23.6 Å². The quantitative estimate of drug-likeness (QED) is 0.138. The number of amides is 4. The minimum absolute atomic E-state index is 0.0680. The third-order valence-corrected chi connectivity index (χ3v) is 5.73. The van der Waals surface area contributed by atoms with Gasteiger partial charge in [-0.1, -0.05) is 0 Å². The summed E-state index contributed by atoms with van der Waals surface area (Å²) >= 11 is 0. The first kappa shape index (κ1) is 28.2. The SMILES string of the molecule is NC(=O)CCC(NC(=O)C(Cc1cnc[nH]1)NC(=O)C(N)CCC(=O)O)C(=O)N1CCCC1C(=O)O. The number of nitrogens with one attached hydrogen (secondary N) is 3. The number of carboxylic acids is 2. The number of carboxylic acid groups (broad SMARTS) is 2. The molecule has 4 atom stereocenters. The van der Waals surface area contributed by atoms with Crippen LogP contribution in [-0.2, 0) is 35.2 Å². The van der Waals surface area contributed by atoms with Gasteiger partial charge in [0.1, 0.15) is 18.1 Å². The fraction of sp³-hybridized carbons (Fsp3) is 0.571. The molecule has 1 aliphatic rings. The molecule has 36 heavy (non-hydrogen) atoms.